The Morgan fingerprint density at radius 3 is 1.63 bits per heavy atom. The summed E-state index contributed by atoms with van der Waals surface area (Å²) in [5.41, 5.74) is 5.91. The molecule has 0 unspecified atom stereocenters. The van der Waals surface area contributed by atoms with E-state index >= 15 is 0 Å². The van der Waals surface area contributed by atoms with Gasteiger partial charge in [-0.15, -0.1) is 0 Å². The summed E-state index contributed by atoms with van der Waals surface area (Å²) in [5, 5.41) is 0. The van der Waals surface area contributed by atoms with Crippen LogP contribution in [0.1, 0.15) is 25.0 Å². The number of nitrogens with zero attached hydrogens (tertiary/aromatic N) is 1. The Morgan fingerprint density at radius 2 is 1.21 bits per heavy atom. The Morgan fingerprint density at radius 1 is 0.737 bits per heavy atom. The van der Waals surface area contributed by atoms with E-state index in [0.717, 1.165) is 11.3 Å². The van der Waals surface area contributed by atoms with E-state index in [1.54, 1.807) is 0 Å². The van der Waals surface area contributed by atoms with Gasteiger partial charge in [0.25, 0.3) is 0 Å². The van der Waals surface area contributed by atoms with Crippen molar-refractivity contribution in [1.82, 2.24) is 0 Å². The number of rotatable bonds is 3. The van der Waals surface area contributed by atoms with E-state index in [2.05, 4.69) is 55.2 Å². The Bertz CT molecular complexity index is 588. The van der Waals surface area contributed by atoms with Crippen molar-refractivity contribution in [3.63, 3.8) is 0 Å². The summed E-state index contributed by atoms with van der Waals surface area (Å²) >= 11 is 0. The van der Waals surface area contributed by atoms with Crippen LogP contribution in [0.4, 0.5) is 0 Å². The maximum absolute atomic E-state index is 4.52. The summed E-state index contributed by atoms with van der Waals surface area (Å²) in [7, 11) is 1.86. The molecule has 96 valence electrons. The molecule has 0 saturated carbocycles. The minimum atomic E-state index is 1.05. The van der Waals surface area contributed by atoms with Gasteiger partial charge in [-0.2, -0.15) is 0 Å². The number of allylic oxidation sites excluding steroid dienone is 2. The van der Waals surface area contributed by atoms with Crippen molar-refractivity contribution < 1.29 is 0 Å². The first-order valence-electron chi connectivity index (χ1n) is 6.49. The molecule has 1 nitrogen and oxygen atoms in total. The molecule has 0 aromatic heterocycles. The quantitative estimate of drug-likeness (QED) is 0.705. The predicted octanol–water partition coefficient (Wildman–Crippen LogP) is 4.60. The summed E-state index contributed by atoms with van der Waals surface area (Å²) in [5.74, 6) is 0. The third-order valence-corrected chi connectivity index (χ3v) is 3.07. The number of hydrogen-bond acceptors (Lipinski definition) is 1. The molecule has 0 fully saturated rings. The van der Waals surface area contributed by atoms with Crippen molar-refractivity contribution in [2.45, 2.75) is 13.8 Å². The first kappa shape index (κ1) is 13.3. The highest BCUT2D eigenvalue weighted by atomic mass is 14.7. The zero-order valence-corrected chi connectivity index (χ0v) is 11.7. The molecule has 2 rings (SSSR count). The lowest BCUT2D eigenvalue weighted by atomic mass is 9.92. The molecule has 0 spiro atoms. The molecule has 0 aliphatic carbocycles. The van der Waals surface area contributed by atoms with Gasteiger partial charge in [0, 0.05) is 18.2 Å². The minimum Gasteiger partial charge on any atom is -0.287 e. The molecule has 0 aliphatic rings. The average Bonchev–Trinajstić information content (AvgIpc) is 2.46. The van der Waals surface area contributed by atoms with E-state index in [4.69, 9.17) is 0 Å². The van der Waals surface area contributed by atoms with E-state index < -0.39 is 0 Å². The molecular formula is C18H19N. The fraction of sp³-hybridized carbons (Fsp3) is 0.167. The highest BCUT2D eigenvalue weighted by Crippen LogP contribution is 2.24. The molecule has 0 saturated heterocycles. The number of aliphatic imine (C=N–C) groups is 1. The maximum Gasteiger partial charge on any atom is 0.0720 e. The second-order valence-corrected chi connectivity index (χ2v) is 4.68. The maximum atomic E-state index is 4.52. The second kappa shape index (κ2) is 6.14. The normalized spacial score (nSPS) is 11.2. The zero-order chi connectivity index (χ0) is 13.7. The molecule has 0 N–H and O–H groups in total. The lowest BCUT2D eigenvalue weighted by Crippen LogP contribution is -2.06. The zero-order valence-electron chi connectivity index (χ0n) is 11.7. The minimum absolute atomic E-state index is 1.05. The van der Waals surface area contributed by atoms with Crippen LogP contribution in [0.2, 0.25) is 0 Å². The van der Waals surface area contributed by atoms with Crippen LogP contribution in [-0.4, -0.2) is 12.8 Å². The van der Waals surface area contributed by atoms with Crippen molar-refractivity contribution >= 4 is 11.3 Å². The van der Waals surface area contributed by atoms with Gasteiger partial charge < -0.3 is 0 Å². The van der Waals surface area contributed by atoms with Gasteiger partial charge in [-0.05, 0) is 19.4 Å². The van der Waals surface area contributed by atoms with E-state index in [1.807, 2.05) is 31.3 Å². The molecule has 0 amide bonds. The van der Waals surface area contributed by atoms with E-state index in [0.29, 0.717) is 0 Å². The lowest BCUT2D eigenvalue weighted by molar-refractivity contribution is 1.37. The highest BCUT2D eigenvalue weighted by Gasteiger charge is 2.12. The summed E-state index contributed by atoms with van der Waals surface area (Å²) in [6, 6.07) is 20.8. The van der Waals surface area contributed by atoms with Gasteiger partial charge >= 0.3 is 0 Å². The van der Waals surface area contributed by atoms with E-state index in [9.17, 15) is 0 Å². The fourth-order valence-corrected chi connectivity index (χ4v) is 2.25. The molecule has 0 aliphatic heterocycles. The molecule has 1 heteroatoms. The number of benzene rings is 2. The standard InChI is InChI=1S/C18H19N/c1-14(2)17(15-10-6-4-7-11-15)18(19-3)16-12-8-5-9-13-16/h4-13H,1-3H3. The van der Waals surface area contributed by atoms with E-state index in [1.165, 1.54) is 16.7 Å². The lowest BCUT2D eigenvalue weighted by Gasteiger charge is -2.13. The van der Waals surface area contributed by atoms with Crippen LogP contribution in [0.5, 0.6) is 0 Å². The first-order valence-corrected chi connectivity index (χ1v) is 6.49. The average molecular weight is 249 g/mol. The summed E-state index contributed by atoms with van der Waals surface area (Å²) in [4.78, 5) is 4.52. The van der Waals surface area contributed by atoms with Gasteiger partial charge in [0.15, 0.2) is 0 Å². The Kier molecular flexibility index (Phi) is 4.30. The van der Waals surface area contributed by atoms with Crippen LogP contribution in [-0.2, 0) is 0 Å². The van der Waals surface area contributed by atoms with Gasteiger partial charge in [0.05, 0.1) is 5.71 Å². The summed E-state index contributed by atoms with van der Waals surface area (Å²) in [6.45, 7) is 4.27. The molecule has 0 bridgehead atoms. The van der Waals surface area contributed by atoms with Crippen LogP contribution < -0.4 is 0 Å². The molecular weight excluding hydrogens is 230 g/mol. The van der Waals surface area contributed by atoms with Gasteiger partial charge in [-0.25, -0.2) is 0 Å². The van der Waals surface area contributed by atoms with Crippen molar-refractivity contribution in [3.05, 3.63) is 77.4 Å². The van der Waals surface area contributed by atoms with Crippen molar-refractivity contribution in [2.24, 2.45) is 4.99 Å². The van der Waals surface area contributed by atoms with Crippen LogP contribution >= 0.6 is 0 Å². The van der Waals surface area contributed by atoms with Gasteiger partial charge in [-0.3, -0.25) is 4.99 Å². The topological polar surface area (TPSA) is 12.4 Å². The largest absolute Gasteiger partial charge is 0.287 e. The Labute approximate surface area is 115 Å². The molecule has 19 heavy (non-hydrogen) atoms. The molecule has 0 atom stereocenters. The Hall–Kier alpha value is -2.15. The molecule has 0 heterocycles. The van der Waals surface area contributed by atoms with Gasteiger partial charge in [0.2, 0.25) is 0 Å². The summed E-state index contributed by atoms with van der Waals surface area (Å²) < 4.78 is 0. The van der Waals surface area contributed by atoms with Crippen LogP contribution in [0.15, 0.2) is 71.2 Å². The SMILES string of the molecule is CN=C(C(=C(C)C)c1ccccc1)c1ccccc1. The molecule has 2 aromatic carbocycles. The third kappa shape index (κ3) is 3.00. The van der Waals surface area contributed by atoms with Crippen LogP contribution in [0.3, 0.4) is 0 Å². The monoisotopic (exact) mass is 249 g/mol. The van der Waals surface area contributed by atoms with Gasteiger partial charge in [-0.1, -0.05) is 66.2 Å². The second-order valence-electron chi connectivity index (χ2n) is 4.68. The van der Waals surface area contributed by atoms with Crippen molar-refractivity contribution in [2.75, 3.05) is 7.05 Å². The van der Waals surface area contributed by atoms with Crippen molar-refractivity contribution in [3.8, 4) is 0 Å². The van der Waals surface area contributed by atoms with Crippen molar-refractivity contribution in [1.29, 1.82) is 0 Å². The molecule has 0 radical (unpaired) electrons. The first-order chi connectivity index (χ1) is 9.24. The predicted molar refractivity (Wildman–Crippen MR) is 83.6 cm³/mol. The smallest absolute Gasteiger partial charge is 0.0720 e. The summed E-state index contributed by atoms with van der Waals surface area (Å²) in [6.07, 6.45) is 0. The van der Waals surface area contributed by atoms with E-state index in [-0.39, 0.29) is 0 Å². The fourth-order valence-electron chi connectivity index (χ4n) is 2.25. The number of hydrogen-bond donors (Lipinski definition) is 0. The molecule has 2 aromatic rings. The van der Waals surface area contributed by atoms with Crippen LogP contribution in [0.25, 0.3) is 5.57 Å². The third-order valence-electron chi connectivity index (χ3n) is 3.07. The van der Waals surface area contributed by atoms with Gasteiger partial charge in [0.1, 0.15) is 0 Å². The highest BCUT2D eigenvalue weighted by molar-refractivity contribution is 6.32. The van der Waals surface area contributed by atoms with Crippen LogP contribution in [0, 0.1) is 0 Å². The Balaban J connectivity index is 2.55.